The molecular formula is C15H19N3S. The minimum absolute atomic E-state index is 0.848. The van der Waals surface area contributed by atoms with Gasteiger partial charge in [0.2, 0.25) is 0 Å². The Balaban J connectivity index is 2.23. The highest BCUT2D eigenvalue weighted by Gasteiger charge is 2.05. The summed E-state index contributed by atoms with van der Waals surface area (Å²) in [7, 11) is 0. The Morgan fingerprint density at radius 3 is 2.47 bits per heavy atom. The third-order valence-corrected chi connectivity index (χ3v) is 3.59. The van der Waals surface area contributed by atoms with E-state index in [1.807, 2.05) is 6.07 Å². The van der Waals surface area contributed by atoms with Crippen LogP contribution in [0.3, 0.4) is 0 Å². The van der Waals surface area contributed by atoms with E-state index in [4.69, 9.17) is 0 Å². The van der Waals surface area contributed by atoms with Gasteiger partial charge in [-0.15, -0.1) is 0 Å². The zero-order valence-electron chi connectivity index (χ0n) is 11.6. The van der Waals surface area contributed by atoms with E-state index in [0.29, 0.717) is 0 Å². The van der Waals surface area contributed by atoms with Gasteiger partial charge < -0.3 is 5.32 Å². The third-order valence-electron chi connectivity index (χ3n) is 2.67. The van der Waals surface area contributed by atoms with Crippen molar-refractivity contribution in [3.63, 3.8) is 0 Å². The zero-order valence-corrected chi connectivity index (χ0v) is 12.4. The summed E-state index contributed by atoms with van der Waals surface area (Å²) in [5.41, 5.74) is 1.27. The maximum atomic E-state index is 4.56. The van der Waals surface area contributed by atoms with Crippen molar-refractivity contribution in [2.24, 2.45) is 0 Å². The molecule has 0 spiro atoms. The summed E-state index contributed by atoms with van der Waals surface area (Å²) in [5, 5.41) is 4.25. The van der Waals surface area contributed by atoms with Gasteiger partial charge in [-0.05, 0) is 26.0 Å². The lowest BCUT2D eigenvalue weighted by molar-refractivity contribution is 0.887. The first-order valence-corrected chi connectivity index (χ1v) is 7.39. The summed E-state index contributed by atoms with van der Waals surface area (Å²) in [6.07, 6.45) is 0.848. The van der Waals surface area contributed by atoms with Gasteiger partial charge in [0.05, 0.1) is 0 Å². The van der Waals surface area contributed by atoms with Crippen molar-refractivity contribution in [2.45, 2.75) is 37.1 Å². The van der Waals surface area contributed by atoms with E-state index in [-0.39, 0.29) is 0 Å². The molecule has 0 aliphatic rings. The lowest BCUT2D eigenvalue weighted by Crippen LogP contribution is -2.03. The van der Waals surface area contributed by atoms with Crippen LogP contribution in [0.1, 0.15) is 25.2 Å². The van der Waals surface area contributed by atoms with Crippen LogP contribution in [0.15, 0.2) is 40.3 Å². The van der Waals surface area contributed by atoms with Crippen LogP contribution in [0.5, 0.6) is 0 Å². The monoisotopic (exact) mass is 273 g/mol. The molecule has 0 saturated carbocycles. The molecule has 0 aliphatic carbocycles. The molecule has 2 aromatic rings. The Labute approximate surface area is 118 Å². The van der Waals surface area contributed by atoms with E-state index in [2.05, 4.69) is 60.3 Å². The van der Waals surface area contributed by atoms with Gasteiger partial charge in [-0.1, -0.05) is 36.4 Å². The Bertz CT molecular complexity index is 538. The maximum Gasteiger partial charge on any atom is 0.131 e. The van der Waals surface area contributed by atoms with Gasteiger partial charge in [-0.2, -0.15) is 0 Å². The van der Waals surface area contributed by atoms with Gasteiger partial charge in [-0.3, -0.25) is 0 Å². The predicted octanol–water partition coefficient (Wildman–Crippen LogP) is 3.93. The first-order valence-electron chi connectivity index (χ1n) is 6.57. The van der Waals surface area contributed by atoms with Gasteiger partial charge in [-0.25, -0.2) is 9.97 Å². The molecule has 4 heteroatoms. The number of hydrogen-bond donors (Lipinski definition) is 1. The number of rotatable bonds is 5. The molecule has 1 heterocycles. The van der Waals surface area contributed by atoms with Gasteiger partial charge >= 0.3 is 0 Å². The second-order valence-corrected chi connectivity index (χ2v) is 5.40. The predicted molar refractivity (Wildman–Crippen MR) is 80.9 cm³/mol. The van der Waals surface area contributed by atoms with E-state index in [1.165, 1.54) is 10.5 Å². The van der Waals surface area contributed by atoms with E-state index in [1.54, 1.807) is 11.8 Å². The molecule has 0 aliphatic heterocycles. The lowest BCUT2D eigenvalue weighted by Gasteiger charge is -2.08. The fourth-order valence-corrected chi connectivity index (χ4v) is 2.52. The van der Waals surface area contributed by atoms with Crippen LogP contribution in [-0.4, -0.2) is 16.5 Å². The van der Waals surface area contributed by atoms with Crippen molar-refractivity contribution in [2.75, 3.05) is 11.9 Å². The molecule has 0 saturated heterocycles. The van der Waals surface area contributed by atoms with Crippen molar-refractivity contribution in [1.82, 2.24) is 9.97 Å². The highest BCUT2D eigenvalue weighted by Crippen LogP contribution is 2.27. The standard InChI is InChI=1S/C15H19N3S/c1-4-13-17-14(16-5-2)10-15(18-13)19-12-8-6-11(3)7-9-12/h6-10H,4-5H2,1-3H3,(H,16,17,18). The van der Waals surface area contributed by atoms with Crippen molar-refractivity contribution in [3.05, 3.63) is 41.7 Å². The average molecular weight is 273 g/mol. The highest BCUT2D eigenvalue weighted by atomic mass is 32.2. The summed E-state index contributed by atoms with van der Waals surface area (Å²) >= 11 is 1.67. The summed E-state index contributed by atoms with van der Waals surface area (Å²) in [6, 6.07) is 10.5. The number of benzene rings is 1. The van der Waals surface area contributed by atoms with Crippen LogP contribution in [0.4, 0.5) is 5.82 Å². The van der Waals surface area contributed by atoms with E-state index in [0.717, 1.165) is 29.6 Å². The van der Waals surface area contributed by atoms with E-state index < -0.39 is 0 Å². The van der Waals surface area contributed by atoms with Crippen LogP contribution < -0.4 is 5.32 Å². The summed E-state index contributed by atoms with van der Waals surface area (Å²) in [6.45, 7) is 7.11. The Morgan fingerprint density at radius 2 is 1.84 bits per heavy atom. The molecule has 1 aromatic heterocycles. The summed E-state index contributed by atoms with van der Waals surface area (Å²) in [5.74, 6) is 1.79. The second-order valence-electron chi connectivity index (χ2n) is 4.31. The van der Waals surface area contributed by atoms with E-state index in [9.17, 15) is 0 Å². The highest BCUT2D eigenvalue weighted by molar-refractivity contribution is 7.99. The molecule has 0 unspecified atom stereocenters. The number of hydrogen-bond acceptors (Lipinski definition) is 4. The minimum Gasteiger partial charge on any atom is -0.370 e. The largest absolute Gasteiger partial charge is 0.370 e. The number of aryl methyl sites for hydroxylation is 2. The number of aromatic nitrogens is 2. The number of nitrogens with one attached hydrogen (secondary N) is 1. The quantitative estimate of drug-likeness (QED) is 0.838. The van der Waals surface area contributed by atoms with Crippen molar-refractivity contribution in [3.8, 4) is 0 Å². The Kier molecular flexibility index (Phi) is 4.80. The first-order chi connectivity index (χ1) is 9.21. The van der Waals surface area contributed by atoms with Crippen LogP contribution in [-0.2, 0) is 6.42 Å². The van der Waals surface area contributed by atoms with Gasteiger partial charge in [0.25, 0.3) is 0 Å². The third kappa shape index (κ3) is 3.96. The van der Waals surface area contributed by atoms with E-state index >= 15 is 0 Å². The zero-order chi connectivity index (χ0) is 13.7. The Morgan fingerprint density at radius 1 is 1.11 bits per heavy atom. The number of anilines is 1. The average Bonchev–Trinajstić information content (AvgIpc) is 2.41. The van der Waals surface area contributed by atoms with Crippen LogP contribution in [0, 0.1) is 6.92 Å². The van der Waals surface area contributed by atoms with Crippen LogP contribution >= 0.6 is 11.8 Å². The fraction of sp³-hybridized carbons (Fsp3) is 0.333. The smallest absolute Gasteiger partial charge is 0.131 e. The fourth-order valence-electron chi connectivity index (χ4n) is 1.68. The Hall–Kier alpha value is -1.55. The molecule has 2 rings (SSSR count). The van der Waals surface area contributed by atoms with Gasteiger partial charge in [0.1, 0.15) is 16.7 Å². The molecule has 19 heavy (non-hydrogen) atoms. The summed E-state index contributed by atoms with van der Waals surface area (Å²) in [4.78, 5) is 10.2. The second kappa shape index (κ2) is 6.57. The molecule has 0 bridgehead atoms. The topological polar surface area (TPSA) is 37.8 Å². The molecule has 100 valence electrons. The molecule has 0 fully saturated rings. The SMILES string of the molecule is CCNc1cc(Sc2ccc(C)cc2)nc(CC)n1. The van der Waals surface area contributed by atoms with Gasteiger partial charge in [0, 0.05) is 23.9 Å². The van der Waals surface area contributed by atoms with Crippen molar-refractivity contribution in [1.29, 1.82) is 0 Å². The minimum atomic E-state index is 0.848. The molecule has 0 atom stereocenters. The normalized spacial score (nSPS) is 10.5. The van der Waals surface area contributed by atoms with Crippen LogP contribution in [0.25, 0.3) is 0 Å². The van der Waals surface area contributed by atoms with Gasteiger partial charge in [0.15, 0.2) is 0 Å². The van der Waals surface area contributed by atoms with Crippen LogP contribution in [0.2, 0.25) is 0 Å². The molecule has 3 nitrogen and oxygen atoms in total. The molecule has 1 N–H and O–H groups in total. The first kappa shape index (κ1) is 13.9. The molecule has 0 radical (unpaired) electrons. The summed E-state index contributed by atoms with van der Waals surface area (Å²) < 4.78 is 0. The van der Waals surface area contributed by atoms with Crippen molar-refractivity contribution >= 4 is 17.6 Å². The molecule has 0 amide bonds. The number of nitrogens with zero attached hydrogens (tertiary/aromatic N) is 2. The van der Waals surface area contributed by atoms with Crippen molar-refractivity contribution < 1.29 is 0 Å². The lowest BCUT2D eigenvalue weighted by atomic mass is 10.2. The molecule has 1 aromatic carbocycles. The molecular weight excluding hydrogens is 254 g/mol. The maximum absolute atomic E-state index is 4.56.